The van der Waals surface area contributed by atoms with Crippen LogP contribution in [0.2, 0.25) is 0 Å². The lowest BCUT2D eigenvalue weighted by molar-refractivity contribution is 0.114. The van der Waals surface area contributed by atoms with E-state index in [4.69, 9.17) is 29.2 Å². The minimum absolute atomic E-state index is 0.250. The first-order chi connectivity index (χ1) is 10.5. The molecular weight excluding hydrogens is 316 g/mol. The second kappa shape index (κ2) is 8.26. The third-order valence-electron chi connectivity index (χ3n) is 3.57. The highest BCUT2D eigenvalue weighted by molar-refractivity contribution is 7.80. The SMILES string of the molecule is Cc1ccc(NC(=S)NNC(=S)NC[C@H]2CCCO2)cc1C. The Hall–Kier alpha value is -1.44. The maximum absolute atomic E-state index is 5.52. The zero-order valence-corrected chi connectivity index (χ0v) is 14.5. The Balaban J connectivity index is 1.68. The maximum Gasteiger partial charge on any atom is 0.189 e. The Morgan fingerprint density at radius 3 is 2.64 bits per heavy atom. The molecule has 0 spiro atoms. The molecule has 1 aromatic carbocycles. The predicted molar refractivity (Wildman–Crippen MR) is 98.0 cm³/mol. The molecule has 7 heteroatoms. The van der Waals surface area contributed by atoms with Crippen LogP contribution >= 0.6 is 24.4 Å². The summed E-state index contributed by atoms with van der Waals surface area (Å²) in [6.45, 7) is 5.70. The number of hydrogen-bond donors (Lipinski definition) is 4. The molecule has 1 aliphatic rings. The molecule has 0 bridgehead atoms. The fourth-order valence-corrected chi connectivity index (χ4v) is 2.45. The molecule has 1 saturated heterocycles. The minimum atomic E-state index is 0.250. The average Bonchev–Trinajstić information content (AvgIpc) is 3.00. The van der Waals surface area contributed by atoms with Gasteiger partial charge in [0.15, 0.2) is 10.2 Å². The van der Waals surface area contributed by atoms with Crippen LogP contribution in [0, 0.1) is 13.8 Å². The number of anilines is 1. The maximum atomic E-state index is 5.52. The van der Waals surface area contributed by atoms with E-state index < -0.39 is 0 Å². The molecule has 22 heavy (non-hydrogen) atoms. The van der Waals surface area contributed by atoms with Gasteiger partial charge in [-0.3, -0.25) is 10.9 Å². The summed E-state index contributed by atoms with van der Waals surface area (Å²) in [6.07, 6.45) is 2.45. The summed E-state index contributed by atoms with van der Waals surface area (Å²) in [7, 11) is 0. The van der Waals surface area contributed by atoms with Crippen molar-refractivity contribution in [1.82, 2.24) is 16.2 Å². The highest BCUT2D eigenvalue weighted by Gasteiger charge is 2.15. The van der Waals surface area contributed by atoms with Gasteiger partial charge in [0.05, 0.1) is 6.10 Å². The van der Waals surface area contributed by atoms with Gasteiger partial charge >= 0.3 is 0 Å². The van der Waals surface area contributed by atoms with Gasteiger partial charge in [0.2, 0.25) is 0 Å². The third-order valence-corrected chi connectivity index (χ3v) is 4.02. The topological polar surface area (TPSA) is 57.3 Å². The average molecular weight is 339 g/mol. The van der Waals surface area contributed by atoms with Crippen molar-refractivity contribution in [3.8, 4) is 0 Å². The number of benzene rings is 1. The molecular formula is C15H22N4OS2. The molecule has 0 amide bonds. The molecule has 1 fully saturated rings. The Morgan fingerprint density at radius 1 is 1.18 bits per heavy atom. The lowest BCUT2D eigenvalue weighted by atomic mass is 10.1. The zero-order chi connectivity index (χ0) is 15.9. The molecule has 0 aromatic heterocycles. The lowest BCUT2D eigenvalue weighted by Gasteiger charge is -2.16. The number of hydrogen-bond acceptors (Lipinski definition) is 3. The fourth-order valence-electron chi connectivity index (χ4n) is 2.15. The Morgan fingerprint density at radius 2 is 1.95 bits per heavy atom. The molecule has 2 rings (SSSR count). The second-order valence-corrected chi connectivity index (χ2v) is 6.16. The number of nitrogens with one attached hydrogen (secondary N) is 4. The minimum Gasteiger partial charge on any atom is -0.376 e. The summed E-state index contributed by atoms with van der Waals surface area (Å²) in [5.41, 5.74) is 9.14. The van der Waals surface area contributed by atoms with Crippen molar-refractivity contribution in [3.05, 3.63) is 29.3 Å². The summed E-state index contributed by atoms with van der Waals surface area (Å²) in [5, 5.41) is 7.18. The van der Waals surface area contributed by atoms with Crippen molar-refractivity contribution in [2.45, 2.75) is 32.8 Å². The molecule has 1 aliphatic heterocycles. The van der Waals surface area contributed by atoms with Crippen molar-refractivity contribution < 1.29 is 4.74 Å². The number of ether oxygens (including phenoxy) is 1. The molecule has 120 valence electrons. The van der Waals surface area contributed by atoms with E-state index in [1.54, 1.807) is 0 Å². The summed E-state index contributed by atoms with van der Waals surface area (Å²) < 4.78 is 5.52. The van der Waals surface area contributed by atoms with Crippen LogP contribution in [0.25, 0.3) is 0 Å². The summed E-state index contributed by atoms with van der Waals surface area (Å²) >= 11 is 10.4. The Labute approximate surface area is 142 Å². The van der Waals surface area contributed by atoms with Crippen molar-refractivity contribution in [2.75, 3.05) is 18.5 Å². The molecule has 1 heterocycles. The molecule has 1 atom stereocenters. The van der Waals surface area contributed by atoms with Gasteiger partial charge in [0, 0.05) is 18.8 Å². The van der Waals surface area contributed by atoms with Gasteiger partial charge in [-0.25, -0.2) is 0 Å². The van der Waals surface area contributed by atoms with Gasteiger partial charge in [-0.15, -0.1) is 0 Å². The summed E-state index contributed by atoms with van der Waals surface area (Å²) in [4.78, 5) is 0. The van der Waals surface area contributed by atoms with E-state index in [-0.39, 0.29) is 6.10 Å². The van der Waals surface area contributed by atoms with E-state index in [0.717, 1.165) is 25.1 Å². The van der Waals surface area contributed by atoms with E-state index in [2.05, 4.69) is 47.5 Å². The number of thiocarbonyl (C=S) groups is 2. The van der Waals surface area contributed by atoms with E-state index in [1.807, 2.05) is 6.07 Å². The van der Waals surface area contributed by atoms with Gasteiger partial charge < -0.3 is 15.4 Å². The molecule has 1 aromatic rings. The number of hydrazine groups is 1. The van der Waals surface area contributed by atoms with E-state index in [9.17, 15) is 0 Å². The van der Waals surface area contributed by atoms with Crippen LogP contribution in [0.4, 0.5) is 5.69 Å². The molecule has 4 N–H and O–H groups in total. The quantitative estimate of drug-likeness (QED) is 0.498. The fraction of sp³-hybridized carbons (Fsp3) is 0.467. The smallest absolute Gasteiger partial charge is 0.189 e. The monoisotopic (exact) mass is 338 g/mol. The standard InChI is InChI=1S/C15H22N4OS2/c1-10-5-6-12(8-11(10)2)17-15(22)19-18-14(21)16-9-13-4-3-7-20-13/h5-6,8,13H,3-4,7,9H2,1-2H3,(H2,16,18,21)(H2,17,19,22)/t13-/m1/s1. The third kappa shape index (κ3) is 5.40. The van der Waals surface area contributed by atoms with Crippen LogP contribution < -0.4 is 21.5 Å². The second-order valence-electron chi connectivity index (χ2n) is 5.35. The first-order valence-corrected chi connectivity index (χ1v) is 8.16. The van der Waals surface area contributed by atoms with Crippen LogP contribution in [0.3, 0.4) is 0 Å². The van der Waals surface area contributed by atoms with E-state index in [0.29, 0.717) is 16.8 Å². The van der Waals surface area contributed by atoms with Crippen molar-refractivity contribution >= 4 is 40.3 Å². The van der Waals surface area contributed by atoms with Crippen LogP contribution in [-0.2, 0) is 4.74 Å². The normalized spacial score (nSPS) is 16.9. The first kappa shape index (κ1) is 16.9. The first-order valence-electron chi connectivity index (χ1n) is 7.34. The molecule has 0 radical (unpaired) electrons. The molecule has 5 nitrogen and oxygen atoms in total. The van der Waals surface area contributed by atoms with Gasteiger partial charge in [-0.1, -0.05) is 6.07 Å². The van der Waals surface area contributed by atoms with Gasteiger partial charge in [-0.05, 0) is 74.4 Å². The van der Waals surface area contributed by atoms with Crippen molar-refractivity contribution in [3.63, 3.8) is 0 Å². The van der Waals surface area contributed by atoms with Gasteiger partial charge in [0.25, 0.3) is 0 Å². The summed E-state index contributed by atoms with van der Waals surface area (Å²) in [6, 6.07) is 6.10. The summed E-state index contributed by atoms with van der Waals surface area (Å²) in [5.74, 6) is 0. The van der Waals surface area contributed by atoms with Crippen LogP contribution in [0.15, 0.2) is 18.2 Å². The largest absolute Gasteiger partial charge is 0.376 e. The zero-order valence-electron chi connectivity index (χ0n) is 12.9. The highest BCUT2D eigenvalue weighted by Crippen LogP contribution is 2.13. The van der Waals surface area contributed by atoms with E-state index in [1.165, 1.54) is 11.1 Å². The number of aryl methyl sites for hydroxylation is 2. The van der Waals surface area contributed by atoms with Crippen LogP contribution in [0.5, 0.6) is 0 Å². The number of rotatable bonds is 3. The molecule has 0 aliphatic carbocycles. The van der Waals surface area contributed by atoms with Crippen molar-refractivity contribution in [1.29, 1.82) is 0 Å². The van der Waals surface area contributed by atoms with E-state index >= 15 is 0 Å². The Bertz CT molecular complexity index is 544. The predicted octanol–water partition coefficient (Wildman–Crippen LogP) is 2.15. The molecule has 0 saturated carbocycles. The van der Waals surface area contributed by atoms with Crippen LogP contribution in [-0.4, -0.2) is 29.5 Å². The lowest BCUT2D eigenvalue weighted by Crippen LogP contribution is -2.49. The van der Waals surface area contributed by atoms with Gasteiger partial charge in [-0.2, -0.15) is 0 Å². The van der Waals surface area contributed by atoms with Crippen molar-refractivity contribution in [2.24, 2.45) is 0 Å². The highest BCUT2D eigenvalue weighted by atomic mass is 32.1. The molecule has 0 unspecified atom stereocenters. The van der Waals surface area contributed by atoms with Crippen LogP contribution in [0.1, 0.15) is 24.0 Å². The van der Waals surface area contributed by atoms with Gasteiger partial charge in [0.1, 0.15) is 0 Å². The Kier molecular flexibility index (Phi) is 6.35.